The predicted octanol–water partition coefficient (Wildman–Crippen LogP) is 2.67. The molecular weight excluding hydrogens is 410 g/mol. The molecule has 1 aromatic carbocycles. The highest BCUT2D eigenvalue weighted by Gasteiger charge is 2.05. The first-order valence-electron chi connectivity index (χ1n) is 7.51. The number of nitrogens with one attached hydrogen (secondary N) is 3. The van der Waals surface area contributed by atoms with Gasteiger partial charge in [0.05, 0.1) is 13.2 Å². The molecule has 0 atom stereocenters. The average molecular weight is 434 g/mol. The van der Waals surface area contributed by atoms with Crippen molar-refractivity contribution >= 4 is 40.8 Å². The maximum absolute atomic E-state index is 13.2. The fourth-order valence-corrected chi connectivity index (χ4v) is 2.27. The van der Waals surface area contributed by atoms with Gasteiger partial charge in [0.1, 0.15) is 5.82 Å². The van der Waals surface area contributed by atoms with Gasteiger partial charge in [0, 0.05) is 37.3 Å². The Labute approximate surface area is 153 Å². The largest absolute Gasteiger partial charge is 0.383 e. The third-order valence-electron chi connectivity index (χ3n) is 3.33. The topological polar surface area (TPSA) is 61.4 Å². The maximum Gasteiger partial charge on any atom is 0.191 e. The first kappa shape index (κ1) is 19.7. The van der Waals surface area contributed by atoms with Crippen LogP contribution >= 0.6 is 24.0 Å². The monoisotopic (exact) mass is 434 g/mol. The Hall–Kier alpha value is -1.35. The minimum absolute atomic E-state index is 0. The summed E-state index contributed by atoms with van der Waals surface area (Å²) in [4.78, 5) is 7.51. The molecule has 0 bridgehead atoms. The number of aromatic nitrogens is 1. The van der Waals surface area contributed by atoms with E-state index in [0.29, 0.717) is 13.2 Å². The van der Waals surface area contributed by atoms with Gasteiger partial charge in [-0.1, -0.05) is 0 Å². The van der Waals surface area contributed by atoms with Gasteiger partial charge in [-0.3, -0.25) is 4.99 Å². The van der Waals surface area contributed by atoms with Crippen molar-refractivity contribution in [3.05, 3.63) is 35.8 Å². The van der Waals surface area contributed by atoms with Crippen molar-refractivity contribution in [1.29, 1.82) is 0 Å². The van der Waals surface area contributed by atoms with Gasteiger partial charge < -0.3 is 20.4 Å². The second-order valence-electron chi connectivity index (χ2n) is 4.93. The Kier molecular flexibility index (Phi) is 8.93. The Morgan fingerprint density at radius 3 is 2.91 bits per heavy atom. The zero-order valence-electron chi connectivity index (χ0n) is 13.5. The molecule has 7 heteroatoms. The molecule has 0 amide bonds. The number of methoxy groups -OCH3 is 1. The van der Waals surface area contributed by atoms with Crippen molar-refractivity contribution in [2.24, 2.45) is 4.99 Å². The van der Waals surface area contributed by atoms with Gasteiger partial charge in [-0.15, -0.1) is 24.0 Å². The molecule has 1 heterocycles. The Morgan fingerprint density at radius 2 is 2.17 bits per heavy atom. The summed E-state index contributed by atoms with van der Waals surface area (Å²) in [5, 5.41) is 7.54. The van der Waals surface area contributed by atoms with Gasteiger partial charge in [0.25, 0.3) is 0 Å². The highest BCUT2D eigenvalue weighted by Crippen LogP contribution is 2.19. The van der Waals surface area contributed by atoms with Crippen LogP contribution in [-0.4, -0.2) is 44.3 Å². The van der Waals surface area contributed by atoms with E-state index in [9.17, 15) is 4.39 Å². The van der Waals surface area contributed by atoms with Gasteiger partial charge in [0.2, 0.25) is 0 Å². The molecule has 5 nitrogen and oxygen atoms in total. The Bertz CT molecular complexity index is 630. The number of hydrogen-bond donors (Lipinski definition) is 3. The van der Waals surface area contributed by atoms with Crippen LogP contribution in [0.25, 0.3) is 10.9 Å². The zero-order valence-corrected chi connectivity index (χ0v) is 15.8. The van der Waals surface area contributed by atoms with E-state index in [2.05, 4.69) is 20.6 Å². The summed E-state index contributed by atoms with van der Waals surface area (Å²) in [5.74, 6) is 0.559. The van der Waals surface area contributed by atoms with E-state index in [0.717, 1.165) is 41.9 Å². The molecule has 2 aromatic rings. The average Bonchev–Trinajstić information content (AvgIpc) is 2.90. The number of H-pyrrole nitrogens is 1. The van der Waals surface area contributed by atoms with Crippen LogP contribution in [0.5, 0.6) is 0 Å². The summed E-state index contributed by atoms with van der Waals surface area (Å²) in [5.41, 5.74) is 1.99. The summed E-state index contributed by atoms with van der Waals surface area (Å²) in [6.45, 7) is 4.82. The van der Waals surface area contributed by atoms with E-state index in [-0.39, 0.29) is 29.8 Å². The third kappa shape index (κ3) is 5.98. The van der Waals surface area contributed by atoms with E-state index in [1.54, 1.807) is 7.11 Å². The summed E-state index contributed by atoms with van der Waals surface area (Å²) in [7, 11) is 1.66. The van der Waals surface area contributed by atoms with Crippen molar-refractivity contribution in [3.8, 4) is 0 Å². The molecule has 0 aliphatic heterocycles. The quantitative estimate of drug-likeness (QED) is 0.272. The predicted molar refractivity (Wildman–Crippen MR) is 103 cm³/mol. The van der Waals surface area contributed by atoms with Crippen LogP contribution in [0.2, 0.25) is 0 Å². The van der Waals surface area contributed by atoms with E-state index < -0.39 is 0 Å². The highest BCUT2D eigenvalue weighted by atomic mass is 127. The van der Waals surface area contributed by atoms with Crippen LogP contribution in [0, 0.1) is 5.82 Å². The summed E-state index contributed by atoms with van der Waals surface area (Å²) in [6.07, 6.45) is 2.76. The van der Waals surface area contributed by atoms with Crippen LogP contribution < -0.4 is 10.6 Å². The molecule has 0 saturated carbocycles. The number of nitrogens with zero attached hydrogens (tertiary/aromatic N) is 1. The molecule has 0 aliphatic rings. The number of fused-ring (bicyclic) bond motifs is 1. The van der Waals surface area contributed by atoms with Gasteiger partial charge in [0.15, 0.2) is 5.96 Å². The molecule has 0 radical (unpaired) electrons. The SMILES string of the molecule is CCNC(=NCCOC)NCCc1c[nH]c2cc(F)ccc12.I. The smallest absolute Gasteiger partial charge is 0.191 e. The van der Waals surface area contributed by atoms with E-state index in [1.807, 2.05) is 19.2 Å². The molecule has 0 saturated heterocycles. The summed E-state index contributed by atoms with van der Waals surface area (Å²) >= 11 is 0. The van der Waals surface area contributed by atoms with E-state index >= 15 is 0 Å². The number of aromatic amines is 1. The first-order chi connectivity index (χ1) is 10.7. The van der Waals surface area contributed by atoms with Gasteiger partial charge in [-0.25, -0.2) is 4.39 Å². The van der Waals surface area contributed by atoms with Gasteiger partial charge >= 0.3 is 0 Å². The minimum atomic E-state index is -0.223. The lowest BCUT2D eigenvalue weighted by Gasteiger charge is -2.10. The summed E-state index contributed by atoms with van der Waals surface area (Å²) in [6, 6.07) is 4.82. The molecule has 128 valence electrons. The number of benzene rings is 1. The van der Waals surface area contributed by atoms with Crippen molar-refractivity contribution in [2.75, 3.05) is 33.4 Å². The fraction of sp³-hybridized carbons (Fsp3) is 0.438. The lowest BCUT2D eigenvalue weighted by atomic mass is 10.1. The molecule has 0 unspecified atom stereocenters. The van der Waals surface area contributed by atoms with Crippen LogP contribution in [0.3, 0.4) is 0 Å². The third-order valence-corrected chi connectivity index (χ3v) is 3.33. The number of aliphatic imine (C=N–C) groups is 1. The number of guanidine groups is 1. The number of rotatable bonds is 7. The lowest BCUT2D eigenvalue weighted by Crippen LogP contribution is -2.38. The van der Waals surface area contributed by atoms with Crippen molar-refractivity contribution in [3.63, 3.8) is 0 Å². The Balaban J connectivity index is 0.00000264. The molecule has 0 fully saturated rings. The normalized spacial score (nSPS) is 11.3. The fourth-order valence-electron chi connectivity index (χ4n) is 2.27. The second kappa shape index (κ2) is 10.4. The molecule has 23 heavy (non-hydrogen) atoms. The highest BCUT2D eigenvalue weighted by molar-refractivity contribution is 14.0. The van der Waals surface area contributed by atoms with E-state index in [1.165, 1.54) is 12.1 Å². The van der Waals surface area contributed by atoms with Crippen LogP contribution in [-0.2, 0) is 11.2 Å². The Morgan fingerprint density at radius 1 is 1.35 bits per heavy atom. The van der Waals surface area contributed by atoms with Crippen LogP contribution in [0.1, 0.15) is 12.5 Å². The molecule has 0 aliphatic carbocycles. The minimum Gasteiger partial charge on any atom is -0.383 e. The van der Waals surface area contributed by atoms with Crippen molar-refractivity contribution < 1.29 is 9.13 Å². The molecular formula is C16H24FIN4O. The molecule has 3 N–H and O–H groups in total. The number of hydrogen-bond acceptors (Lipinski definition) is 2. The lowest BCUT2D eigenvalue weighted by molar-refractivity contribution is 0.208. The summed E-state index contributed by atoms with van der Waals surface area (Å²) < 4.78 is 18.2. The standard InChI is InChI=1S/C16H23FN4O.HI/c1-3-18-16(20-8-9-22-2)19-7-6-12-11-21-15-10-13(17)4-5-14(12)15;/h4-5,10-11,21H,3,6-9H2,1-2H3,(H2,18,19,20);1H. The number of halogens is 2. The van der Waals surface area contributed by atoms with Crippen LogP contribution in [0.15, 0.2) is 29.4 Å². The first-order valence-corrected chi connectivity index (χ1v) is 7.51. The maximum atomic E-state index is 13.2. The molecule has 2 rings (SSSR count). The van der Waals surface area contributed by atoms with Crippen LogP contribution in [0.4, 0.5) is 4.39 Å². The van der Waals surface area contributed by atoms with Crippen molar-refractivity contribution in [1.82, 2.24) is 15.6 Å². The number of ether oxygens (including phenoxy) is 1. The van der Waals surface area contributed by atoms with Gasteiger partial charge in [-0.05, 0) is 37.1 Å². The van der Waals surface area contributed by atoms with Crippen molar-refractivity contribution in [2.45, 2.75) is 13.3 Å². The molecule has 1 aromatic heterocycles. The zero-order chi connectivity index (χ0) is 15.8. The second-order valence-corrected chi connectivity index (χ2v) is 4.93. The molecule has 0 spiro atoms. The van der Waals surface area contributed by atoms with E-state index in [4.69, 9.17) is 4.74 Å². The van der Waals surface area contributed by atoms with Gasteiger partial charge in [-0.2, -0.15) is 0 Å².